The summed E-state index contributed by atoms with van der Waals surface area (Å²) in [5, 5.41) is 3.64. The molecule has 0 fully saturated rings. The molecule has 1 aromatic carbocycles. The molecule has 0 bridgehead atoms. The van der Waals surface area contributed by atoms with E-state index >= 15 is 0 Å². The third-order valence-corrected chi connectivity index (χ3v) is 2.83. The van der Waals surface area contributed by atoms with Crippen molar-refractivity contribution in [3.8, 4) is 0 Å². The second-order valence-electron chi connectivity index (χ2n) is 4.68. The summed E-state index contributed by atoms with van der Waals surface area (Å²) in [6.45, 7) is 3.16. The van der Waals surface area contributed by atoms with Crippen LogP contribution in [0.25, 0.3) is 11.0 Å². The van der Waals surface area contributed by atoms with Crippen LogP contribution in [-0.4, -0.2) is 26.2 Å². The molecule has 0 radical (unpaired) electrons. The highest BCUT2D eigenvalue weighted by atomic mass is 16.5. The monoisotopic (exact) mass is 262 g/mol. The van der Waals surface area contributed by atoms with Gasteiger partial charge in [-0.2, -0.15) is 0 Å². The molecule has 0 aliphatic heterocycles. The zero-order valence-electron chi connectivity index (χ0n) is 11.1. The van der Waals surface area contributed by atoms with Crippen molar-refractivity contribution in [2.75, 3.05) is 26.0 Å². The van der Waals surface area contributed by atoms with Crippen LogP contribution >= 0.6 is 0 Å². The Hall–Kier alpha value is -2.01. The molecule has 1 amide bonds. The van der Waals surface area contributed by atoms with E-state index in [0.29, 0.717) is 30.2 Å². The Morgan fingerprint density at radius 3 is 3.00 bits per heavy atom. The molecule has 1 aromatic heterocycles. The molecule has 2 aromatic rings. The van der Waals surface area contributed by atoms with Crippen molar-refractivity contribution in [2.45, 2.75) is 6.92 Å². The zero-order chi connectivity index (χ0) is 13.8. The summed E-state index contributed by atoms with van der Waals surface area (Å²) in [5.74, 6) is 0.330. The molecule has 0 aliphatic carbocycles. The lowest BCUT2D eigenvalue weighted by molar-refractivity contribution is 0.0909. The van der Waals surface area contributed by atoms with Gasteiger partial charge in [-0.1, -0.05) is 6.92 Å². The van der Waals surface area contributed by atoms with Gasteiger partial charge < -0.3 is 20.2 Å². The lowest BCUT2D eigenvalue weighted by Crippen LogP contribution is -2.29. The highest BCUT2D eigenvalue weighted by Gasteiger charge is 2.13. The second kappa shape index (κ2) is 5.75. The first kappa shape index (κ1) is 13.4. The van der Waals surface area contributed by atoms with Gasteiger partial charge in [0.15, 0.2) is 5.76 Å². The van der Waals surface area contributed by atoms with Crippen molar-refractivity contribution in [3.63, 3.8) is 0 Å². The number of hydrogen-bond acceptors (Lipinski definition) is 4. The number of anilines is 1. The minimum absolute atomic E-state index is 0.224. The van der Waals surface area contributed by atoms with Gasteiger partial charge in [0.25, 0.3) is 5.91 Å². The zero-order valence-corrected chi connectivity index (χ0v) is 11.1. The Balaban J connectivity index is 2.05. The molecule has 102 valence electrons. The third-order valence-electron chi connectivity index (χ3n) is 2.83. The molecule has 1 unspecified atom stereocenters. The predicted molar refractivity (Wildman–Crippen MR) is 74.0 cm³/mol. The van der Waals surface area contributed by atoms with Gasteiger partial charge in [0, 0.05) is 24.7 Å². The van der Waals surface area contributed by atoms with E-state index in [1.807, 2.05) is 6.92 Å². The molecule has 0 spiro atoms. The minimum Gasteiger partial charge on any atom is -0.451 e. The molecular formula is C14H18N2O3. The maximum atomic E-state index is 11.9. The van der Waals surface area contributed by atoms with Crippen molar-refractivity contribution in [1.29, 1.82) is 0 Å². The quantitative estimate of drug-likeness (QED) is 0.808. The van der Waals surface area contributed by atoms with Crippen LogP contribution in [0, 0.1) is 5.92 Å². The number of nitrogens with two attached hydrogens (primary N) is 1. The standard InChI is InChI=1S/C14H18N2O3/c1-9(8-18-2)7-16-14(17)13-6-10-5-11(15)3-4-12(10)19-13/h3-6,9H,7-8,15H2,1-2H3,(H,16,17). The summed E-state index contributed by atoms with van der Waals surface area (Å²) < 4.78 is 10.5. The van der Waals surface area contributed by atoms with Crippen molar-refractivity contribution in [3.05, 3.63) is 30.0 Å². The summed E-state index contributed by atoms with van der Waals surface area (Å²) in [6, 6.07) is 6.98. The third kappa shape index (κ3) is 3.26. The van der Waals surface area contributed by atoms with Crippen LogP contribution in [-0.2, 0) is 4.74 Å². The normalized spacial score (nSPS) is 12.5. The smallest absolute Gasteiger partial charge is 0.287 e. The van der Waals surface area contributed by atoms with Crippen LogP contribution in [0.1, 0.15) is 17.5 Å². The Morgan fingerprint density at radius 1 is 1.47 bits per heavy atom. The molecule has 1 atom stereocenters. The minimum atomic E-state index is -0.224. The Kier molecular flexibility index (Phi) is 4.06. The topological polar surface area (TPSA) is 77.5 Å². The number of amides is 1. The predicted octanol–water partition coefficient (Wildman–Crippen LogP) is 2.03. The second-order valence-corrected chi connectivity index (χ2v) is 4.68. The van der Waals surface area contributed by atoms with Crippen LogP contribution in [0.5, 0.6) is 0 Å². The van der Waals surface area contributed by atoms with Gasteiger partial charge >= 0.3 is 0 Å². The highest BCUT2D eigenvalue weighted by Crippen LogP contribution is 2.21. The van der Waals surface area contributed by atoms with E-state index in [0.717, 1.165) is 5.39 Å². The van der Waals surface area contributed by atoms with Gasteiger partial charge in [-0.05, 0) is 30.2 Å². The maximum Gasteiger partial charge on any atom is 0.287 e. The molecule has 0 aliphatic rings. The van der Waals surface area contributed by atoms with Gasteiger partial charge in [0.2, 0.25) is 0 Å². The van der Waals surface area contributed by atoms with Gasteiger partial charge in [-0.3, -0.25) is 4.79 Å². The van der Waals surface area contributed by atoms with Crippen LogP contribution in [0.15, 0.2) is 28.7 Å². The molecule has 2 rings (SSSR count). The first-order valence-corrected chi connectivity index (χ1v) is 6.16. The van der Waals surface area contributed by atoms with E-state index in [1.165, 1.54) is 0 Å². The van der Waals surface area contributed by atoms with E-state index in [9.17, 15) is 4.79 Å². The fraction of sp³-hybridized carbons (Fsp3) is 0.357. The largest absolute Gasteiger partial charge is 0.451 e. The lowest BCUT2D eigenvalue weighted by atomic mass is 10.2. The summed E-state index contributed by atoms with van der Waals surface area (Å²) in [5.41, 5.74) is 6.99. The number of nitrogen functional groups attached to an aromatic ring is 1. The number of furan rings is 1. The number of carbonyl (C=O) groups is 1. The summed E-state index contributed by atoms with van der Waals surface area (Å²) >= 11 is 0. The van der Waals surface area contributed by atoms with Crippen LogP contribution in [0.3, 0.4) is 0 Å². The molecule has 3 N–H and O–H groups in total. The molecule has 1 heterocycles. The number of ether oxygens (including phenoxy) is 1. The van der Waals surface area contributed by atoms with Gasteiger partial charge in [0.05, 0.1) is 6.61 Å². The number of hydrogen-bond donors (Lipinski definition) is 2. The van der Waals surface area contributed by atoms with Crippen molar-refractivity contribution in [2.24, 2.45) is 5.92 Å². The molecule has 5 heteroatoms. The number of rotatable bonds is 5. The van der Waals surface area contributed by atoms with E-state index < -0.39 is 0 Å². The highest BCUT2D eigenvalue weighted by molar-refractivity contribution is 5.96. The van der Waals surface area contributed by atoms with Crippen molar-refractivity contribution >= 4 is 22.6 Å². The maximum absolute atomic E-state index is 11.9. The average molecular weight is 262 g/mol. The Bertz CT molecular complexity index is 577. The van der Waals surface area contributed by atoms with Crippen molar-refractivity contribution in [1.82, 2.24) is 5.32 Å². The number of carbonyl (C=O) groups excluding carboxylic acids is 1. The number of benzene rings is 1. The first-order valence-electron chi connectivity index (χ1n) is 6.16. The molecule has 0 saturated heterocycles. The number of methoxy groups -OCH3 is 1. The van der Waals surface area contributed by atoms with E-state index in [2.05, 4.69) is 5.32 Å². The summed E-state index contributed by atoms with van der Waals surface area (Å²) in [4.78, 5) is 11.9. The Labute approximate surface area is 111 Å². The van der Waals surface area contributed by atoms with Crippen LogP contribution in [0.4, 0.5) is 5.69 Å². The van der Waals surface area contributed by atoms with E-state index in [4.69, 9.17) is 14.9 Å². The van der Waals surface area contributed by atoms with E-state index in [-0.39, 0.29) is 11.8 Å². The number of nitrogens with one attached hydrogen (secondary N) is 1. The SMILES string of the molecule is COCC(C)CNC(=O)c1cc2cc(N)ccc2o1. The summed E-state index contributed by atoms with van der Waals surface area (Å²) in [6.07, 6.45) is 0. The first-order chi connectivity index (χ1) is 9.10. The molecule has 5 nitrogen and oxygen atoms in total. The van der Waals surface area contributed by atoms with E-state index in [1.54, 1.807) is 31.4 Å². The van der Waals surface area contributed by atoms with Gasteiger partial charge in [-0.15, -0.1) is 0 Å². The van der Waals surface area contributed by atoms with Crippen LogP contribution in [0.2, 0.25) is 0 Å². The van der Waals surface area contributed by atoms with Gasteiger partial charge in [-0.25, -0.2) is 0 Å². The number of fused-ring (bicyclic) bond motifs is 1. The fourth-order valence-corrected chi connectivity index (χ4v) is 1.87. The lowest BCUT2D eigenvalue weighted by Gasteiger charge is -2.10. The average Bonchev–Trinajstić information content (AvgIpc) is 2.79. The fourth-order valence-electron chi connectivity index (χ4n) is 1.87. The van der Waals surface area contributed by atoms with Gasteiger partial charge in [0.1, 0.15) is 5.58 Å². The molecule has 19 heavy (non-hydrogen) atoms. The van der Waals surface area contributed by atoms with Crippen LogP contribution < -0.4 is 11.1 Å². The Morgan fingerprint density at radius 2 is 2.26 bits per heavy atom. The molecular weight excluding hydrogens is 244 g/mol. The van der Waals surface area contributed by atoms with Crippen molar-refractivity contribution < 1.29 is 13.9 Å². The molecule has 0 saturated carbocycles. The summed E-state index contributed by atoms with van der Waals surface area (Å²) in [7, 11) is 1.64.